The Balaban J connectivity index is 1.76. The molecule has 0 spiro atoms. The number of carboxylic acid groups (broad SMARTS) is 1. The Labute approximate surface area is 142 Å². The van der Waals surface area contributed by atoms with Crippen molar-refractivity contribution in [3.8, 4) is 5.75 Å². The minimum Gasteiger partial charge on any atom is -0.492 e. The monoisotopic (exact) mass is 331 g/mol. The molecule has 24 heavy (non-hydrogen) atoms. The average Bonchev–Trinajstić information content (AvgIpc) is 3.27. The van der Waals surface area contributed by atoms with Crippen LogP contribution in [0.3, 0.4) is 0 Å². The first-order chi connectivity index (χ1) is 11.4. The lowest BCUT2D eigenvalue weighted by Crippen LogP contribution is -2.40. The molecular weight excluding hydrogens is 306 g/mol. The standard InChI is InChI=1S/C19H25NO4/c1-13(2)19(18(22)23)9-10-20(12-19)17(21)15-5-3-4-6-16(15)24-11-14-7-8-14/h3-6,13-14H,7-12H2,1-2H3,(H,22,23). The number of likely N-dealkylation sites (tertiary alicyclic amines) is 1. The molecule has 1 unspecified atom stereocenters. The van der Waals surface area contributed by atoms with Crippen molar-refractivity contribution in [2.75, 3.05) is 19.7 Å². The molecule has 0 radical (unpaired) electrons. The molecule has 2 fully saturated rings. The number of carboxylic acids is 1. The molecule has 5 heteroatoms. The van der Waals surface area contributed by atoms with E-state index in [2.05, 4.69) is 0 Å². The van der Waals surface area contributed by atoms with Crippen LogP contribution in [0.1, 0.15) is 43.5 Å². The van der Waals surface area contributed by atoms with Crippen molar-refractivity contribution in [1.29, 1.82) is 0 Å². The highest BCUT2D eigenvalue weighted by atomic mass is 16.5. The third-order valence-corrected chi connectivity index (χ3v) is 5.41. The van der Waals surface area contributed by atoms with Gasteiger partial charge in [0.2, 0.25) is 0 Å². The Kier molecular flexibility index (Phi) is 4.52. The van der Waals surface area contributed by atoms with Crippen LogP contribution in [0.5, 0.6) is 5.75 Å². The van der Waals surface area contributed by atoms with Gasteiger partial charge < -0.3 is 14.7 Å². The zero-order valence-corrected chi connectivity index (χ0v) is 14.3. The molecule has 3 rings (SSSR count). The van der Waals surface area contributed by atoms with Crippen molar-refractivity contribution in [2.24, 2.45) is 17.3 Å². The van der Waals surface area contributed by atoms with Gasteiger partial charge in [0.15, 0.2) is 0 Å². The number of ether oxygens (including phenoxy) is 1. The van der Waals surface area contributed by atoms with E-state index in [0.717, 1.165) is 0 Å². The fraction of sp³-hybridized carbons (Fsp3) is 0.579. The number of aliphatic carboxylic acids is 1. The van der Waals surface area contributed by atoms with E-state index in [0.29, 0.717) is 36.8 Å². The van der Waals surface area contributed by atoms with E-state index in [1.165, 1.54) is 12.8 Å². The molecule has 1 saturated carbocycles. The summed E-state index contributed by atoms with van der Waals surface area (Å²) in [6.45, 7) is 5.20. The lowest BCUT2D eigenvalue weighted by atomic mass is 9.76. The van der Waals surface area contributed by atoms with Gasteiger partial charge in [-0.05, 0) is 43.2 Å². The van der Waals surface area contributed by atoms with E-state index in [1.54, 1.807) is 11.0 Å². The smallest absolute Gasteiger partial charge is 0.311 e. The number of carbonyl (C=O) groups excluding carboxylic acids is 1. The summed E-state index contributed by atoms with van der Waals surface area (Å²) in [7, 11) is 0. The van der Waals surface area contributed by atoms with Gasteiger partial charge in [-0.1, -0.05) is 26.0 Å². The SMILES string of the molecule is CC(C)C1(C(=O)O)CCN(C(=O)c2ccccc2OCC2CC2)C1. The molecule has 0 aromatic heterocycles. The van der Waals surface area contributed by atoms with E-state index in [9.17, 15) is 14.7 Å². The summed E-state index contributed by atoms with van der Waals surface area (Å²) in [6, 6.07) is 7.26. The van der Waals surface area contributed by atoms with Crippen molar-refractivity contribution in [2.45, 2.75) is 33.1 Å². The molecule has 0 bridgehead atoms. The Morgan fingerprint density at radius 2 is 2.04 bits per heavy atom. The van der Waals surface area contributed by atoms with E-state index in [-0.39, 0.29) is 18.4 Å². The first-order valence-electron chi connectivity index (χ1n) is 8.68. The fourth-order valence-electron chi connectivity index (χ4n) is 3.33. The van der Waals surface area contributed by atoms with Crippen molar-refractivity contribution < 1.29 is 19.4 Å². The Morgan fingerprint density at radius 1 is 1.33 bits per heavy atom. The first-order valence-corrected chi connectivity index (χ1v) is 8.68. The number of benzene rings is 1. The second-order valence-electron chi connectivity index (χ2n) is 7.34. The molecule has 1 atom stereocenters. The van der Waals surface area contributed by atoms with Crippen LogP contribution < -0.4 is 4.74 Å². The minimum atomic E-state index is -0.848. The maximum atomic E-state index is 12.9. The molecular formula is C19H25NO4. The second-order valence-corrected chi connectivity index (χ2v) is 7.34. The number of hydrogen-bond acceptors (Lipinski definition) is 3. The normalized spacial score (nSPS) is 23.5. The third kappa shape index (κ3) is 3.12. The highest BCUT2D eigenvalue weighted by Crippen LogP contribution is 2.39. The fourth-order valence-corrected chi connectivity index (χ4v) is 3.33. The quantitative estimate of drug-likeness (QED) is 0.870. The molecule has 1 saturated heterocycles. The van der Waals surface area contributed by atoms with Gasteiger partial charge in [0.25, 0.3) is 5.91 Å². The molecule has 1 amide bonds. The van der Waals surface area contributed by atoms with E-state index in [1.807, 2.05) is 32.0 Å². The van der Waals surface area contributed by atoms with Gasteiger partial charge in [-0.15, -0.1) is 0 Å². The highest BCUT2D eigenvalue weighted by Gasteiger charge is 2.48. The largest absolute Gasteiger partial charge is 0.492 e. The van der Waals surface area contributed by atoms with Gasteiger partial charge in [0, 0.05) is 13.1 Å². The molecule has 5 nitrogen and oxygen atoms in total. The number of hydrogen-bond donors (Lipinski definition) is 1. The number of nitrogens with zero attached hydrogens (tertiary/aromatic N) is 1. The molecule has 1 aromatic carbocycles. The van der Waals surface area contributed by atoms with Crippen LogP contribution >= 0.6 is 0 Å². The molecule has 2 aliphatic rings. The predicted molar refractivity (Wildman–Crippen MR) is 90.1 cm³/mol. The summed E-state index contributed by atoms with van der Waals surface area (Å²) in [5.74, 6) is 0.248. The molecule has 130 valence electrons. The lowest BCUT2D eigenvalue weighted by molar-refractivity contribution is -0.150. The second kappa shape index (κ2) is 6.46. The zero-order chi connectivity index (χ0) is 17.3. The minimum absolute atomic E-state index is 0.0193. The van der Waals surface area contributed by atoms with Crippen molar-refractivity contribution in [1.82, 2.24) is 4.90 Å². The summed E-state index contributed by atoms with van der Waals surface area (Å²) in [6.07, 6.45) is 2.88. The number of carbonyl (C=O) groups is 2. The number of amides is 1. The van der Waals surface area contributed by atoms with Gasteiger partial charge in [-0.25, -0.2) is 0 Å². The van der Waals surface area contributed by atoms with Gasteiger partial charge in [0.05, 0.1) is 17.6 Å². The molecule has 1 heterocycles. The van der Waals surface area contributed by atoms with Crippen LogP contribution in [0.4, 0.5) is 0 Å². The molecule has 1 N–H and O–H groups in total. The molecule has 1 aromatic rings. The van der Waals surface area contributed by atoms with Crippen LogP contribution in [0, 0.1) is 17.3 Å². The Morgan fingerprint density at radius 3 is 2.62 bits per heavy atom. The van der Waals surface area contributed by atoms with Crippen molar-refractivity contribution >= 4 is 11.9 Å². The first kappa shape index (κ1) is 16.8. The highest BCUT2D eigenvalue weighted by molar-refractivity contribution is 5.97. The average molecular weight is 331 g/mol. The van der Waals surface area contributed by atoms with E-state index >= 15 is 0 Å². The zero-order valence-electron chi connectivity index (χ0n) is 14.3. The van der Waals surface area contributed by atoms with E-state index in [4.69, 9.17) is 4.74 Å². The van der Waals surface area contributed by atoms with Gasteiger partial charge >= 0.3 is 5.97 Å². The Bertz CT molecular complexity index is 638. The maximum Gasteiger partial charge on any atom is 0.311 e. The summed E-state index contributed by atoms with van der Waals surface area (Å²) in [5, 5.41) is 9.65. The summed E-state index contributed by atoms with van der Waals surface area (Å²) < 4.78 is 5.82. The third-order valence-electron chi connectivity index (χ3n) is 5.41. The number of para-hydroxylation sites is 1. The predicted octanol–water partition coefficient (Wildman–Crippen LogP) is 3.05. The number of rotatable bonds is 6. The van der Waals surface area contributed by atoms with Crippen LogP contribution in [0.25, 0.3) is 0 Å². The topological polar surface area (TPSA) is 66.8 Å². The van der Waals surface area contributed by atoms with Crippen LogP contribution in [0.15, 0.2) is 24.3 Å². The molecule has 1 aliphatic heterocycles. The lowest BCUT2D eigenvalue weighted by Gasteiger charge is -2.28. The van der Waals surface area contributed by atoms with Crippen molar-refractivity contribution in [3.63, 3.8) is 0 Å². The van der Waals surface area contributed by atoms with Gasteiger partial charge in [-0.2, -0.15) is 0 Å². The van der Waals surface area contributed by atoms with Gasteiger partial charge in [-0.3, -0.25) is 9.59 Å². The van der Waals surface area contributed by atoms with Crippen LogP contribution in [-0.2, 0) is 4.79 Å². The summed E-state index contributed by atoms with van der Waals surface area (Å²) in [4.78, 5) is 26.3. The maximum absolute atomic E-state index is 12.9. The van der Waals surface area contributed by atoms with Crippen LogP contribution in [0.2, 0.25) is 0 Å². The van der Waals surface area contributed by atoms with Crippen molar-refractivity contribution in [3.05, 3.63) is 29.8 Å². The molecule has 1 aliphatic carbocycles. The summed E-state index contributed by atoms with van der Waals surface area (Å²) in [5.41, 5.74) is -0.317. The Hall–Kier alpha value is -2.04. The summed E-state index contributed by atoms with van der Waals surface area (Å²) >= 11 is 0. The van der Waals surface area contributed by atoms with E-state index < -0.39 is 11.4 Å². The van der Waals surface area contributed by atoms with Gasteiger partial charge in [0.1, 0.15) is 5.75 Å². The van der Waals surface area contributed by atoms with Crippen LogP contribution in [-0.4, -0.2) is 41.6 Å².